The predicted molar refractivity (Wildman–Crippen MR) is 122 cm³/mol. The van der Waals surface area contributed by atoms with Gasteiger partial charge in [0.05, 0.1) is 0 Å². The van der Waals surface area contributed by atoms with Crippen LogP contribution < -0.4 is 0 Å². The van der Waals surface area contributed by atoms with E-state index in [9.17, 15) is 176 Å². The summed E-state index contributed by atoms with van der Waals surface area (Å²) in [6.07, 6.45) is -18.9. The lowest BCUT2D eigenvalue weighted by molar-refractivity contribution is -0.469. The second-order valence-corrected chi connectivity index (χ2v) is 12.0. The van der Waals surface area contributed by atoms with E-state index >= 15 is 0 Å². The third-order valence-electron chi connectivity index (χ3n) is 7.51. The third kappa shape index (κ3) is 8.48. The first-order valence-electron chi connectivity index (χ1n) is 14.2. The van der Waals surface area contributed by atoms with Crippen molar-refractivity contribution in [2.24, 2.45) is 0 Å². The van der Waals surface area contributed by atoms with E-state index in [2.05, 4.69) is 9.47 Å². The van der Waals surface area contributed by atoms with Gasteiger partial charge in [0.1, 0.15) is 0 Å². The molecule has 0 aromatic rings. The normalized spacial score (nSPS) is 16.5. The van der Waals surface area contributed by atoms with Crippen LogP contribution >= 0.6 is 0 Å². The zero-order valence-electron chi connectivity index (χ0n) is 28.6. The Labute approximate surface area is 331 Å². The fourth-order valence-electron chi connectivity index (χ4n) is 3.52. The van der Waals surface area contributed by atoms with Gasteiger partial charge in [-0.3, -0.25) is 0 Å². The minimum Gasteiger partial charge on any atom is -0.456 e. The van der Waals surface area contributed by atoms with Gasteiger partial charge in [-0.05, 0) is 0 Å². The molecule has 42 heteroatoms. The van der Waals surface area contributed by atoms with E-state index in [4.69, 9.17) is 0 Å². The van der Waals surface area contributed by atoms with Gasteiger partial charge < -0.3 is 9.47 Å². The molecular formula is C24H6F38O4. The van der Waals surface area contributed by atoms with Gasteiger partial charge in [-0.2, -0.15) is 167 Å². The molecule has 0 saturated heterocycles. The van der Waals surface area contributed by atoms with Gasteiger partial charge in [-0.1, -0.05) is 0 Å². The summed E-state index contributed by atoms with van der Waals surface area (Å²) in [7, 11) is 0. The Bertz CT molecular complexity index is 1670. The van der Waals surface area contributed by atoms with Crippen LogP contribution in [0.15, 0.2) is 12.2 Å². The van der Waals surface area contributed by atoms with E-state index in [1.54, 1.807) is 0 Å². The molecule has 0 atom stereocenters. The molecule has 0 aliphatic heterocycles. The Hall–Kier alpha value is -3.98. The molecular weight excluding hydrogens is 1070 g/mol. The van der Waals surface area contributed by atoms with Crippen LogP contribution in [0.3, 0.4) is 0 Å². The maximum atomic E-state index is 13.8. The van der Waals surface area contributed by atoms with Crippen LogP contribution in [0.5, 0.6) is 0 Å². The Morgan fingerprint density at radius 3 is 0.530 bits per heavy atom. The quantitative estimate of drug-likeness (QED) is 0.0693. The highest BCUT2D eigenvalue weighted by atomic mass is 19.4. The standard InChI is InChI=1S/C24H6F38O4/c25-7(26,9(29,30)11(33,34)13(37,38)15(41,42)17(45,46)19(49,50)21(53,54)23(57,58)59)3-65-5(63)1-2-6(64)66-4-8(27,28)10(31,32)12(35,36)14(39,40)16(43,44)18(47,48)20(51,52)22(55,56)24(60,61)62/h1-2H,3-4H2/b2-1-. The number of alkyl halides is 38. The molecule has 0 fully saturated rings. The number of hydrogen-bond donors (Lipinski definition) is 0. The van der Waals surface area contributed by atoms with Crippen molar-refractivity contribution in [1.82, 2.24) is 0 Å². The first-order valence-corrected chi connectivity index (χ1v) is 14.2. The second kappa shape index (κ2) is 16.3. The maximum absolute atomic E-state index is 13.8. The Morgan fingerprint density at radius 1 is 0.242 bits per heavy atom. The van der Waals surface area contributed by atoms with Crippen LogP contribution in [-0.2, 0) is 19.1 Å². The van der Waals surface area contributed by atoms with Crippen molar-refractivity contribution in [2.45, 2.75) is 107 Å². The lowest BCUT2D eigenvalue weighted by atomic mass is 9.87. The van der Waals surface area contributed by atoms with E-state index in [1.165, 1.54) is 0 Å². The molecule has 0 heterocycles. The zero-order chi connectivity index (χ0) is 54.4. The van der Waals surface area contributed by atoms with Gasteiger partial charge in [0, 0.05) is 12.2 Å². The summed E-state index contributed by atoms with van der Waals surface area (Å²) < 4.78 is 511. The lowest BCUT2D eigenvalue weighted by Gasteiger charge is -2.43. The van der Waals surface area contributed by atoms with Crippen LogP contribution in [0.2, 0.25) is 0 Å². The molecule has 0 amide bonds. The second-order valence-electron chi connectivity index (χ2n) is 12.0. The highest BCUT2D eigenvalue weighted by molar-refractivity contribution is 5.91. The average molecular weight is 1080 g/mol. The number of carbonyl (C=O) groups excluding carboxylic acids is 2. The van der Waals surface area contributed by atoms with Gasteiger partial charge in [0.25, 0.3) is 0 Å². The molecule has 0 unspecified atom stereocenters. The summed E-state index contributed by atoms with van der Waals surface area (Å²) >= 11 is 0. The molecule has 0 bridgehead atoms. The third-order valence-corrected chi connectivity index (χ3v) is 7.51. The number of rotatable bonds is 20. The predicted octanol–water partition coefficient (Wildman–Crippen LogP) is 11.9. The van der Waals surface area contributed by atoms with Crippen LogP contribution in [0.4, 0.5) is 167 Å². The molecule has 0 rings (SSSR count). The van der Waals surface area contributed by atoms with Gasteiger partial charge in [0.2, 0.25) is 0 Å². The topological polar surface area (TPSA) is 52.6 Å². The van der Waals surface area contributed by atoms with Crippen molar-refractivity contribution in [2.75, 3.05) is 13.2 Å². The Morgan fingerprint density at radius 2 is 0.379 bits per heavy atom. The summed E-state index contributed by atoms with van der Waals surface area (Å²) in [4.78, 5) is 22.5. The smallest absolute Gasteiger partial charge is 0.456 e. The summed E-state index contributed by atoms with van der Waals surface area (Å²) in [5.74, 6) is -149. The zero-order valence-corrected chi connectivity index (χ0v) is 28.6. The van der Waals surface area contributed by atoms with Crippen molar-refractivity contribution in [3.63, 3.8) is 0 Å². The molecule has 0 aromatic heterocycles. The van der Waals surface area contributed by atoms with E-state index in [0.29, 0.717) is 0 Å². The van der Waals surface area contributed by atoms with E-state index in [-0.39, 0.29) is 0 Å². The molecule has 4 nitrogen and oxygen atoms in total. The van der Waals surface area contributed by atoms with Crippen molar-refractivity contribution in [3.05, 3.63) is 12.2 Å². The summed E-state index contributed by atoms with van der Waals surface area (Å²) in [6.45, 7) is -8.32. The Balaban J connectivity index is 6.46. The largest absolute Gasteiger partial charge is 0.460 e. The number of carbonyl (C=O) groups is 2. The summed E-state index contributed by atoms with van der Waals surface area (Å²) in [5.41, 5.74) is 0. The first-order chi connectivity index (χ1) is 28.0. The van der Waals surface area contributed by atoms with Crippen molar-refractivity contribution in [3.8, 4) is 0 Å². The minimum absolute atomic E-state index is 1.24. The highest BCUT2D eigenvalue weighted by Gasteiger charge is 2.98. The fraction of sp³-hybridized carbons (Fsp3) is 0.833. The average Bonchev–Trinajstić information content (AvgIpc) is 3.09. The van der Waals surface area contributed by atoms with E-state index in [0.717, 1.165) is 0 Å². The molecule has 0 radical (unpaired) electrons. The van der Waals surface area contributed by atoms with Crippen molar-refractivity contribution in [1.29, 1.82) is 0 Å². The first kappa shape index (κ1) is 62.0. The lowest BCUT2D eigenvalue weighted by Crippen LogP contribution is -2.76. The molecule has 0 N–H and O–H groups in total. The Kier molecular flexibility index (Phi) is 15.3. The highest BCUT2D eigenvalue weighted by Crippen LogP contribution is 2.67. The van der Waals surface area contributed by atoms with Gasteiger partial charge in [-0.15, -0.1) is 0 Å². The van der Waals surface area contributed by atoms with E-state index < -0.39 is 144 Å². The van der Waals surface area contributed by atoms with Crippen LogP contribution in [0, 0.1) is 0 Å². The van der Waals surface area contributed by atoms with E-state index in [1.807, 2.05) is 0 Å². The molecule has 0 saturated carbocycles. The minimum atomic E-state index is -9.41. The molecule has 0 aromatic carbocycles. The van der Waals surface area contributed by atoms with Crippen molar-refractivity contribution >= 4 is 11.9 Å². The van der Waals surface area contributed by atoms with Crippen LogP contribution in [0.1, 0.15) is 0 Å². The maximum Gasteiger partial charge on any atom is 0.460 e. The SMILES string of the molecule is O=C(/C=C\C(=O)OCC(F)(F)C(F)(F)C(F)(F)C(F)(F)C(F)(F)C(F)(F)C(F)(F)C(F)(F)C(F)(F)F)OCC(F)(F)C(F)(F)C(F)(F)C(F)(F)C(F)(F)C(F)(F)C(F)(F)C(F)(F)C(F)(F)F. The van der Waals surface area contributed by atoms with Gasteiger partial charge >= 0.3 is 119 Å². The summed E-state index contributed by atoms with van der Waals surface area (Å²) in [5, 5.41) is 0. The number of hydrogen-bond acceptors (Lipinski definition) is 4. The van der Waals surface area contributed by atoms with Crippen LogP contribution in [0.25, 0.3) is 0 Å². The molecule has 392 valence electrons. The fourth-order valence-corrected chi connectivity index (χ4v) is 3.52. The summed E-state index contributed by atoms with van der Waals surface area (Å²) in [6, 6.07) is 0. The molecule has 66 heavy (non-hydrogen) atoms. The number of halogens is 38. The number of ether oxygens (including phenoxy) is 2. The van der Waals surface area contributed by atoms with Gasteiger partial charge in [0.15, 0.2) is 13.2 Å². The molecule has 0 aliphatic rings. The van der Waals surface area contributed by atoms with Crippen molar-refractivity contribution < 1.29 is 186 Å². The molecule has 0 aliphatic carbocycles. The molecule has 0 spiro atoms. The van der Waals surface area contributed by atoms with Gasteiger partial charge in [-0.25, -0.2) is 9.59 Å². The monoisotopic (exact) mass is 1080 g/mol. The van der Waals surface area contributed by atoms with Crippen LogP contribution in [-0.4, -0.2) is 132 Å². The number of esters is 2.